The number of aromatic nitrogens is 1. The van der Waals surface area contributed by atoms with Crippen LogP contribution in [0.1, 0.15) is 38.2 Å². The lowest BCUT2D eigenvalue weighted by Crippen LogP contribution is -2.59. The van der Waals surface area contributed by atoms with E-state index < -0.39 is 33.5 Å². The van der Waals surface area contributed by atoms with Crippen molar-refractivity contribution in [2.24, 2.45) is 5.92 Å². The summed E-state index contributed by atoms with van der Waals surface area (Å²) >= 11 is 9.06. The predicted octanol–water partition coefficient (Wildman–Crippen LogP) is 6.52. The maximum atomic E-state index is 16.1. The zero-order valence-electron chi connectivity index (χ0n) is 21.4. The lowest BCUT2D eigenvalue weighted by molar-refractivity contribution is -0.149. The van der Waals surface area contributed by atoms with E-state index in [2.05, 4.69) is 32.6 Å². The van der Waals surface area contributed by atoms with Gasteiger partial charge in [-0.1, -0.05) is 46.6 Å². The molecule has 12 heteroatoms. The van der Waals surface area contributed by atoms with Crippen molar-refractivity contribution >= 4 is 43.5 Å². The zero-order valence-corrected chi connectivity index (χ0v) is 24.6. The molecule has 0 spiro atoms. The van der Waals surface area contributed by atoms with E-state index in [-0.39, 0.29) is 28.6 Å². The van der Waals surface area contributed by atoms with Crippen LogP contribution < -0.4 is 9.46 Å². The number of rotatable bonds is 8. The molecule has 2 aliphatic rings. The fourth-order valence-corrected chi connectivity index (χ4v) is 7.10. The van der Waals surface area contributed by atoms with Crippen LogP contribution in [-0.4, -0.2) is 42.3 Å². The number of halogens is 4. The van der Waals surface area contributed by atoms with Gasteiger partial charge in [0, 0.05) is 34.4 Å². The molecule has 1 aromatic heterocycles. The summed E-state index contributed by atoms with van der Waals surface area (Å²) in [5.41, 5.74) is -0.464. The smallest absolute Gasteiger partial charge is 0.298 e. The summed E-state index contributed by atoms with van der Waals surface area (Å²) in [6.07, 6.45) is 4.24. The monoisotopic (exact) mass is 653 g/mol. The highest BCUT2D eigenvalue weighted by atomic mass is 79.9. The van der Waals surface area contributed by atoms with Crippen molar-refractivity contribution < 1.29 is 26.7 Å². The van der Waals surface area contributed by atoms with Crippen LogP contribution in [0, 0.1) is 5.92 Å². The molecule has 0 aliphatic carbocycles. The van der Waals surface area contributed by atoms with E-state index in [1.54, 1.807) is 12.1 Å². The van der Waals surface area contributed by atoms with Crippen molar-refractivity contribution in [3.8, 4) is 11.6 Å². The largest absolute Gasteiger partial charge is 0.439 e. The molecule has 3 aromatic rings. The van der Waals surface area contributed by atoms with Crippen LogP contribution in [-0.2, 0) is 20.7 Å². The number of ether oxygens (including phenoxy) is 1. The Kier molecular flexibility index (Phi) is 8.20. The van der Waals surface area contributed by atoms with Gasteiger partial charge in [0.2, 0.25) is 21.8 Å². The Hall–Kier alpha value is -2.60. The second kappa shape index (κ2) is 11.3. The van der Waals surface area contributed by atoms with E-state index >= 15 is 8.78 Å². The minimum absolute atomic E-state index is 0.188. The maximum Gasteiger partial charge on any atom is 0.298 e. The average molecular weight is 655 g/mol. The lowest BCUT2D eigenvalue weighted by Gasteiger charge is -2.41. The first-order chi connectivity index (χ1) is 18.9. The predicted molar refractivity (Wildman–Crippen MR) is 150 cm³/mol. The first-order valence-corrected chi connectivity index (χ1v) is 15.5. The molecule has 2 saturated heterocycles. The Morgan fingerprint density at radius 3 is 2.27 bits per heavy atom. The second-order valence-electron chi connectivity index (χ2n) is 10.3. The van der Waals surface area contributed by atoms with Crippen LogP contribution in [0.15, 0.2) is 76.2 Å². The van der Waals surface area contributed by atoms with E-state index in [1.165, 1.54) is 59.6 Å². The Bertz CT molecular complexity index is 1460. The molecule has 2 aliphatic heterocycles. The van der Waals surface area contributed by atoms with E-state index in [0.29, 0.717) is 41.1 Å². The van der Waals surface area contributed by atoms with Crippen LogP contribution in [0.2, 0.25) is 5.02 Å². The number of sulfonamides is 1. The van der Waals surface area contributed by atoms with E-state index in [1.807, 2.05) is 0 Å². The molecular weight excluding hydrogens is 628 g/mol. The first-order valence-electron chi connectivity index (χ1n) is 12.8. The number of alkyl halides is 2. The van der Waals surface area contributed by atoms with E-state index in [9.17, 15) is 13.2 Å². The minimum atomic E-state index is -4.54. The van der Waals surface area contributed by atoms with E-state index in [0.717, 1.165) is 0 Å². The van der Waals surface area contributed by atoms with Gasteiger partial charge in [-0.05, 0) is 74.1 Å². The summed E-state index contributed by atoms with van der Waals surface area (Å²) in [4.78, 5) is 19.0. The third-order valence-electron chi connectivity index (χ3n) is 7.39. The van der Waals surface area contributed by atoms with Crippen molar-refractivity contribution in [2.75, 3.05) is 0 Å². The first kappa shape index (κ1) is 28.9. The Morgan fingerprint density at radius 1 is 1.07 bits per heavy atom. The summed E-state index contributed by atoms with van der Waals surface area (Å²) in [6.45, 7) is 2.08. The molecular formula is C28H27BrClF2N3O4S. The fourth-order valence-electron chi connectivity index (χ4n) is 5.53. The third kappa shape index (κ3) is 6.02. The lowest BCUT2D eigenvalue weighted by atomic mass is 9.91. The highest BCUT2D eigenvalue weighted by molar-refractivity contribution is 9.10. The van der Waals surface area contributed by atoms with Gasteiger partial charge in [-0.25, -0.2) is 13.4 Å². The molecule has 3 heterocycles. The zero-order chi connectivity index (χ0) is 28.7. The Morgan fingerprint density at radius 2 is 1.70 bits per heavy atom. The van der Waals surface area contributed by atoms with Gasteiger partial charge in [0.1, 0.15) is 5.75 Å². The van der Waals surface area contributed by atoms with Crippen LogP contribution in [0.25, 0.3) is 0 Å². The normalized spacial score (nSPS) is 21.7. The summed E-state index contributed by atoms with van der Waals surface area (Å²) in [5.74, 6) is -3.85. The van der Waals surface area contributed by atoms with Crippen LogP contribution in [0.5, 0.6) is 11.6 Å². The van der Waals surface area contributed by atoms with Crippen molar-refractivity contribution in [3.63, 3.8) is 0 Å². The summed E-state index contributed by atoms with van der Waals surface area (Å²) in [6, 6.07) is 10.8. The van der Waals surface area contributed by atoms with Gasteiger partial charge in [-0.2, -0.15) is 13.5 Å². The number of pyridine rings is 1. The van der Waals surface area contributed by atoms with Gasteiger partial charge in [-0.3, -0.25) is 4.79 Å². The molecule has 5 rings (SSSR count). The molecule has 2 aromatic carbocycles. The van der Waals surface area contributed by atoms with Gasteiger partial charge < -0.3 is 9.64 Å². The van der Waals surface area contributed by atoms with Crippen LogP contribution in [0.4, 0.5) is 8.78 Å². The highest BCUT2D eigenvalue weighted by Gasteiger charge is 2.53. The molecule has 0 radical (unpaired) electrons. The SMILES string of the molecule is CC1CC2CCC(C1)N2C(=O)C(NS(=O)(=O)c1ccc(Oc2ccc(Cl)cn2)cc1)C(F)(F)c1ccc(Br)cc1. The van der Waals surface area contributed by atoms with Gasteiger partial charge in [0.05, 0.1) is 9.92 Å². The number of carbonyl (C=O) groups excluding carboxylic acids is 1. The molecule has 2 bridgehead atoms. The van der Waals surface area contributed by atoms with Crippen molar-refractivity contribution in [1.29, 1.82) is 0 Å². The number of carbonyl (C=O) groups is 1. The molecule has 3 atom stereocenters. The standard InChI is InChI=1S/C28H27BrClF2N3O4S/c1-17-14-21-7-8-22(15-17)35(21)27(36)26(28(31,32)18-2-4-19(29)5-3-18)34-40(37,38)24-11-9-23(10-12-24)39-25-13-6-20(30)16-33-25/h2-6,9-13,16-17,21-22,26,34H,7-8,14-15H2,1H3. The number of hydrogen-bond acceptors (Lipinski definition) is 5. The van der Waals surface area contributed by atoms with Crippen molar-refractivity contribution in [1.82, 2.24) is 14.6 Å². The fraction of sp³-hybridized carbons (Fsp3) is 0.357. The van der Waals surface area contributed by atoms with Gasteiger partial charge in [-0.15, -0.1) is 0 Å². The molecule has 40 heavy (non-hydrogen) atoms. The average Bonchev–Trinajstić information content (AvgIpc) is 3.19. The second-order valence-corrected chi connectivity index (χ2v) is 13.3. The molecule has 1 amide bonds. The number of nitrogens with one attached hydrogen (secondary N) is 1. The van der Waals surface area contributed by atoms with Crippen LogP contribution in [0.3, 0.4) is 0 Å². The van der Waals surface area contributed by atoms with Crippen LogP contribution >= 0.6 is 27.5 Å². The summed E-state index contributed by atoms with van der Waals surface area (Å²) in [7, 11) is -4.54. The number of fused-ring (bicyclic) bond motifs is 2. The molecule has 0 saturated carbocycles. The molecule has 7 nitrogen and oxygen atoms in total. The van der Waals surface area contributed by atoms with Gasteiger partial charge >= 0.3 is 0 Å². The summed E-state index contributed by atoms with van der Waals surface area (Å²) < 4.78 is 67.2. The Labute approximate surface area is 245 Å². The Balaban J connectivity index is 1.43. The maximum absolute atomic E-state index is 16.1. The highest BCUT2D eigenvalue weighted by Crippen LogP contribution is 2.42. The molecule has 3 unspecified atom stereocenters. The number of amides is 1. The number of hydrogen-bond donors (Lipinski definition) is 1. The van der Waals surface area contributed by atoms with Crippen molar-refractivity contribution in [2.45, 2.75) is 61.6 Å². The molecule has 1 N–H and O–H groups in total. The quantitative estimate of drug-likeness (QED) is 0.299. The number of benzene rings is 2. The molecule has 212 valence electrons. The van der Waals surface area contributed by atoms with Crippen molar-refractivity contribution in [3.05, 3.63) is 81.9 Å². The number of nitrogens with zero attached hydrogens (tertiary/aromatic N) is 2. The molecule has 2 fully saturated rings. The third-order valence-corrected chi connectivity index (χ3v) is 9.58. The van der Waals surface area contributed by atoms with Gasteiger partial charge in [0.25, 0.3) is 5.92 Å². The van der Waals surface area contributed by atoms with Gasteiger partial charge in [0.15, 0.2) is 6.04 Å². The van der Waals surface area contributed by atoms with E-state index in [4.69, 9.17) is 16.3 Å². The number of piperidine rings is 1. The summed E-state index contributed by atoms with van der Waals surface area (Å²) in [5, 5.41) is 0.427. The topological polar surface area (TPSA) is 88.6 Å². The minimum Gasteiger partial charge on any atom is -0.439 e.